The zero-order valence-corrected chi connectivity index (χ0v) is 13.6. The number of nitrogens with two attached hydrogens (primary N) is 1. The predicted molar refractivity (Wildman–Crippen MR) is 84.2 cm³/mol. The molecule has 3 N–H and O–H groups in total. The van der Waals surface area contributed by atoms with Crippen molar-refractivity contribution in [3.8, 4) is 0 Å². The van der Waals surface area contributed by atoms with E-state index in [2.05, 4.69) is 28.8 Å². The summed E-state index contributed by atoms with van der Waals surface area (Å²) in [5.41, 5.74) is 5.50. The predicted octanol–water partition coefficient (Wildman–Crippen LogP) is 1.96. The van der Waals surface area contributed by atoms with Gasteiger partial charge in [-0.15, -0.1) is 0 Å². The number of hydrogen-bond donors (Lipinski definition) is 2. The second-order valence-electron chi connectivity index (χ2n) is 6.61. The molecule has 0 aromatic heterocycles. The molecule has 1 aliphatic rings. The average molecular weight is 284 g/mol. The fraction of sp³-hybridized carbons (Fsp3) is 0.933. The van der Waals surface area contributed by atoms with E-state index in [1.54, 1.807) is 0 Å². The monoisotopic (exact) mass is 284 g/mol. The number of oxime groups is 1. The van der Waals surface area contributed by atoms with Gasteiger partial charge in [0.15, 0.2) is 0 Å². The molecule has 1 unspecified atom stereocenters. The molecule has 20 heavy (non-hydrogen) atoms. The third kappa shape index (κ3) is 4.94. The van der Waals surface area contributed by atoms with Gasteiger partial charge >= 0.3 is 0 Å². The molecular formula is C15H32N4O. The van der Waals surface area contributed by atoms with E-state index in [1.165, 1.54) is 19.5 Å². The molecule has 1 saturated heterocycles. The fourth-order valence-corrected chi connectivity index (χ4v) is 2.69. The first-order chi connectivity index (χ1) is 9.40. The van der Waals surface area contributed by atoms with Gasteiger partial charge in [-0.3, -0.25) is 4.90 Å². The number of piperazine rings is 1. The highest BCUT2D eigenvalue weighted by molar-refractivity contribution is 5.85. The summed E-state index contributed by atoms with van der Waals surface area (Å²) in [6.45, 7) is 14.4. The van der Waals surface area contributed by atoms with Crippen molar-refractivity contribution in [3.05, 3.63) is 0 Å². The molecule has 5 heteroatoms. The van der Waals surface area contributed by atoms with Crippen molar-refractivity contribution in [1.29, 1.82) is 0 Å². The second-order valence-corrected chi connectivity index (χ2v) is 6.61. The Labute approximate surface area is 123 Å². The summed E-state index contributed by atoms with van der Waals surface area (Å²) < 4.78 is 0. The molecule has 0 radical (unpaired) electrons. The topological polar surface area (TPSA) is 65.1 Å². The summed E-state index contributed by atoms with van der Waals surface area (Å²) in [4.78, 5) is 5.11. The van der Waals surface area contributed by atoms with E-state index in [4.69, 9.17) is 10.9 Å². The lowest BCUT2D eigenvalue weighted by Gasteiger charge is -2.38. The van der Waals surface area contributed by atoms with E-state index < -0.39 is 0 Å². The van der Waals surface area contributed by atoms with Gasteiger partial charge in [0.1, 0.15) is 5.84 Å². The van der Waals surface area contributed by atoms with Gasteiger partial charge in [0.25, 0.3) is 0 Å². The van der Waals surface area contributed by atoms with E-state index in [9.17, 15) is 0 Å². The standard InChI is InChI=1S/C15H32N4O/c1-5-13(2)19-11-9-18(10-12-19)8-6-7-15(3,4)14(16)17-20/h13,20H,5-12H2,1-4H3,(H2,16,17). The Hall–Kier alpha value is -0.810. The maximum absolute atomic E-state index is 8.77. The van der Waals surface area contributed by atoms with Crippen molar-refractivity contribution in [3.63, 3.8) is 0 Å². The van der Waals surface area contributed by atoms with Crippen molar-refractivity contribution < 1.29 is 5.21 Å². The van der Waals surface area contributed by atoms with Crippen LogP contribution >= 0.6 is 0 Å². The van der Waals surface area contributed by atoms with Crippen LogP contribution in [0.15, 0.2) is 5.16 Å². The molecule has 118 valence electrons. The second kappa shape index (κ2) is 7.84. The van der Waals surface area contributed by atoms with Crippen LogP contribution in [0.4, 0.5) is 0 Å². The maximum Gasteiger partial charge on any atom is 0.144 e. The molecular weight excluding hydrogens is 252 g/mol. The number of amidine groups is 1. The molecule has 0 saturated carbocycles. The number of nitrogens with zero attached hydrogens (tertiary/aromatic N) is 3. The van der Waals surface area contributed by atoms with Crippen molar-refractivity contribution in [1.82, 2.24) is 9.80 Å². The summed E-state index contributed by atoms with van der Waals surface area (Å²) in [6, 6.07) is 0.705. The zero-order chi connectivity index (χ0) is 15.2. The van der Waals surface area contributed by atoms with Crippen molar-refractivity contribution in [2.24, 2.45) is 16.3 Å². The smallest absolute Gasteiger partial charge is 0.144 e. The van der Waals surface area contributed by atoms with E-state index in [1.807, 2.05) is 13.8 Å². The van der Waals surface area contributed by atoms with Gasteiger partial charge in [-0.2, -0.15) is 0 Å². The molecule has 5 nitrogen and oxygen atoms in total. The molecule has 0 amide bonds. The molecule has 0 aromatic carbocycles. The van der Waals surface area contributed by atoms with Crippen molar-refractivity contribution in [2.75, 3.05) is 32.7 Å². The van der Waals surface area contributed by atoms with E-state index in [-0.39, 0.29) is 5.41 Å². The van der Waals surface area contributed by atoms with Gasteiger partial charge in [-0.1, -0.05) is 25.9 Å². The van der Waals surface area contributed by atoms with Crippen LogP contribution in [0.5, 0.6) is 0 Å². The highest BCUT2D eigenvalue weighted by atomic mass is 16.4. The van der Waals surface area contributed by atoms with Crippen LogP contribution in [0.25, 0.3) is 0 Å². The largest absolute Gasteiger partial charge is 0.409 e. The van der Waals surface area contributed by atoms with E-state index in [0.717, 1.165) is 32.5 Å². The molecule has 0 aliphatic carbocycles. The van der Waals surface area contributed by atoms with Crippen LogP contribution in [-0.2, 0) is 0 Å². The lowest BCUT2D eigenvalue weighted by atomic mass is 9.86. The molecule has 1 atom stereocenters. The van der Waals surface area contributed by atoms with Crippen molar-refractivity contribution >= 4 is 5.84 Å². The molecule has 0 spiro atoms. The van der Waals surface area contributed by atoms with Gasteiger partial charge in [0, 0.05) is 37.6 Å². The Kier molecular flexibility index (Phi) is 6.76. The summed E-state index contributed by atoms with van der Waals surface area (Å²) in [5.74, 6) is 0.332. The molecule has 0 aromatic rings. The van der Waals surface area contributed by atoms with Gasteiger partial charge < -0.3 is 15.8 Å². The summed E-state index contributed by atoms with van der Waals surface area (Å²) >= 11 is 0. The Bertz CT molecular complexity index is 309. The van der Waals surface area contributed by atoms with E-state index in [0.29, 0.717) is 11.9 Å². The normalized spacial score (nSPS) is 21.1. The first-order valence-corrected chi connectivity index (χ1v) is 7.85. The highest BCUT2D eigenvalue weighted by Crippen LogP contribution is 2.22. The minimum absolute atomic E-state index is 0.215. The molecule has 1 rings (SSSR count). The summed E-state index contributed by atoms with van der Waals surface area (Å²) in [6.07, 6.45) is 3.27. The van der Waals surface area contributed by atoms with Gasteiger partial charge in [0.05, 0.1) is 0 Å². The maximum atomic E-state index is 8.77. The Morgan fingerprint density at radius 3 is 2.40 bits per heavy atom. The van der Waals surface area contributed by atoms with Crippen LogP contribution in [-0.4, -0.2) is 59.6 Å². The SMILES string of the molecule is CCC(C)N1CCN(CCCC(C)(C)C(N)=NO)CC1. The first-order valence-electron chi connectivity index (χ1n) is 7.85. The highest BCUT2D eigenvalue weighted by Gasteiger charge is 2.24. The van der Waals surface area contributed by atoms with Crippen LogP contribution in [0, 0.1) is 5.41 Å². The van der Waals surface area contributed by atoms with Crippen LogP contribution in [0.3, 0.4) is 0 Å². The molecule has 1 fully saturated rings. The summed E-state index contributed by atoms with van der Waals surface area (Å²) in [5, 5.41) is 11.9. The Morgan fingerprint density at radius 1 is 1.30 bits per heavy atom. The minimum atomic E-state index is -0.215. The lowest BCUT2D eigenvalue weighted by molar-refractivity contribution is 0.0983. The van der Waals surface area contributed by atoms with Crippen molar-refractivity contribution in [2.45, 2.75) is 53.0 Å². The Balaban J connectivity index is 2.25. The molecule has 1 heterocycles. The first kappa shape index (κ1) is 17.2. The molecule has 0 bridgehead atoms. The molecule has 1 aliphatic heterocycles. The average Bonchev–Trinajstić information content (AvgIpc) is 2.46. The van der Waals surface area contributed by atoms with E-state index >= 15 is 0 Å². The zero-order valence-electron chi connectivity index (χ0n) is 13.6. The Morgan fingerprint density at radius 2 is 1.90 bits per heavy atom. The number of rotatable bonds is 7. The minimum Gasteiger partial charge on any atom is -0.409 e. The lowest BCUT2D eigenvalue weighted by Crippen LogP contribution is -2.49. The quantitative estimate of drug-likeness (QED) is 0.325. The summed E-state index contributed by atoms with van der Waals surface area (Å²) in [7, 11) is 0. The van der Waals surface area contributed by atoms with Gasteiger partial charge in [0.2, 0.25) is 0 Å². The van der Waals surface area contributed by atoms with Crippen LogP contribution in [0.2, 0.25) is 0 Å². The fourth-order valence-electron chi connectivity index (χ4n) is 2.69. The third-order valence-corrected chi connectivity index (χ3v) is 4.70. The third-order valence-electron chi connectivity index (χ3n) is 4.70. The number of hydrogen-bond acceptors (Lipinski definition) is 4. The van der Waals surface area contributed by atoms with Gasteiger partial charge in [-0.05, 0) is 32.7 Å². The van der Waals surface area contributed by atoms with Gasteiger partial charge in [-0.25, -0.2) is 0 Å². The van der Waals surface area contributed by atoms with Crippen LogP contribution in [0.1, 0.15) is 47.0 Å². The van der Waals surface area contributed by atoms with Crippen LogP contribution < -0.4 is 5.73 Å².